The van der Waals surface area contributed by atoms with Gasteiger partial charge in [0.1, 0.15) is 5.75 Å². The van der Waals surface area contributed by atoms with Crippen molar-refractivity contribution in [2.24, 2.45) is 0 Å². The lowest BCUT2D eigenvalue weighted by molar-refractivity contribution is -0.120. The molecule has 0 aliphatic carbocycles. The van der Waals surface area contributed by atoms with E-state index in [2.05, 4.69) is 23.6 Å². The van der Waals surface area contributed by atoms with Crippen LogP contribution in [0.2, 0.25) is 0 Å². The average molecular weight is 458 g/mol. The fraction of sp³-hybridized carbons (Fsp3) is 0.273. The third-order valence-corrected chi connectivity index (χ3v) is 7.56. The van der Waals surface area contributed by atoms with Crippen molar-refractivity contribution in [1.29, 1.82) is 0 Å². The number of amides is 1. The summed E-state index contributed by atoms with van der Waals surface area (Å²) in [4.78, 5) is 19.1. The maximum atomic E-state index is 12.8. The monoisotopic (exact) mass is 457 g/mol. The van der Waals surface area contributed by atoms with E-state index in [9.17, 15) is 13.2 Å². The fourth-order valence-electron chi connectivity index (χ4n) is 3.33. The summed E-state index contributed by atoms with van der Waals surface area (Å²) in [6, 6.07) is 12.3. The maximum absolute atomic E-state index is 12.8. The Morgan fingerprint density at radius 1 is 1.16 bits per heavy atom. The number of thiazole rings is 1. The Labute approximate surface area is 185 Å². The summed E-state index contributed by atoms with van der Waals surface area (Å²) in [5, 5.41) is 0.291. The van der Waals surface area contributed by atoms with Crippen molar-refractivity contribution in [3.05, 3.63) is 52.9 Å². The second kappa shape index (κ2) is 7.97. The number of aromatic nitrogens is 1. The van der Waals surface area contributed by atoms with Gasteiger partial charge in [-0.05, 0) is 48.7 Å². The van der Waals surface area contributed by atoms with Crippen molar-refractivity contribution in [2.45, 2.75) is 31.6 Å². The predicted octanol–water partition coefficient (Wildman–Crippen LogP) is 4.40. The molecule has 0 unspecified atom stereocenters. The van der Waals surface area contributed by atoms with Crippen LogP contribution in [0.5, 0.6) is 5.75 Å². The maximum Gasteiger partial charge on any atom is 0.264 e. The van der Waals surface area contributed by atoms with Gasteiger partial charge in [-0.1, -0.05) is 26.0 Å². The number of aryl methyl sites for hydroxylation is 1. The number of hydrogen-bond acceptors (Lipinski definition) is 6. The number of ether oxygens (including phenoxy) is 1. The summed E-state index contributed by atoms with van der Waals surface area (Å²) in [5.74, 6) is 0.825. The summed E-state index contributed by atoms with van der Waals surface area (Å²) >= 11 is 1.26. The molecule has 1 aliphatic heterocycles. The fourth-order valence-corrected chi connectivity index (χ4v) is 5.40. The van der Waals surface area contributed by atoms with Gasteiger partial charge in [-0.2, -0.15) is 0 Å². The van der Waals surface area contributed by atoms with Crippen molar-refractivity contribution < 1.29 is 17.9 Å². The average Bonchev–Trinajstić information content (AvgIpc) is 3.10. The molecule has 0 spiro atoms. The number of likely N-dealkylation sites (N-methyl/N-ethyl adjacent to an activating group) is 1. The molecule has 0 bridgehead atoms. The first-order valence-electron chi connectivity index (χ1n) is 9.79. The van der Waals surface area contributed by atoms with Crippen molar-refractivity contribution in [2.75, 3.05) is 23.3 Å². The molecule has 0 atom stereocenters. The number of nitrogens with zero attached hydrogens (tertiary/aromatic N) is 2. The van der Waals surface area contributed by atoms with Gasteiger partial charge in [-0.15, -0.1) is 11.3 Å². The van der Waals surface area contributed by atoms with Crippen LogP contribution >= 0.6 is 11.3 Å². The molecule has 1 aliphatic rings. The van der Waals surface area contributed by atoms with E-state index in [1.54, 1.807) is 30.1 Å². The minimum atomic E-state index is -3.75. The molecule has 2 aromatic carbocycles. The van der Waals surface area contributed by atoms with Gasteiger partial charge < -0.3 is 9.64 Å². The van der Waals surface area contributed by atoms with E-state index in [0.717, 1.165) is 16.0 Å². The molecule has 0 saturated carbocycles. The van der Waals surface area contributed by atoms with Gasteiger partial charge in [-0.3, -0.25) is 9.52 Å². The van der Waals surface area contributed by atoms with Crippen molar-refractivity contribution in [3.8, 4) is 17.0 Å². The van der Waals surface area contributed by atoms with E-state index >= 15 is 0 Å². The highest BCUT2D eigenvalue weighted by Crippen LogP contribution is 2.38. The number of sulfonamides is 1. The van der Waals surface area contributed by atoms with Gasteiger partial charge in [-0.25, -0.2) is 13.4 Å². The minimum Gasteiger partial charge on any atom is -0.482 e. The van der Waals surface area contributed by atoms with Crippen LogP contribution in [-0.4, -0.2) is 33.0 Å². The zero-order valence-electron chi connectivity index (χ0n) is 17.7. The number of benzene rings is 2. The van der Waals surface area contributed by atoms with Gasteiger partial charge >= 0.3 is 0 Å². The first-order chi connectivity index (χ1) is 14.7. The highest BCUT2D eigenvalue weighted by Gasteiger charge is 2.24. The van der Waals surface area contributed by atoms with E-state index in [4.69, 9.17) is 4.74 Å². The number of anilines is 2. The molecular formula is C22H23N3O4S2. The molecule has 0 radical (unpaired) electrons. The summed E-state index contributed by atoms with van der Waals surface area (Å²) in [6.07, 6.45) is 0. The van der Waals surface area contributed by atoms with Gasteiger partial charge in [0, 0.05) is 17.5 Å². The Morgan fingerprint density at radius 2 is 1.87 bits per heavy atom. The Balaban J connectivity index is 1.62. The highest BCUT2D eigenvalue weighted by molar-refractivity contribution is 7.93. The summed E-state index contributed by atoms with van der Waals surface area (Å²) in [5.41, 5.74) is 3.18. The first kappa shape index (κ1) is 21.3. The lowest BCUT2D eigenvalue weighted by Crippen LogP contribution is -2.35. The highest BCUT2D eigenvalue weighted by atomic mass is 32.2. The van der Waals surface area contributed by atoms with Crippen LogP contribution in [0.4, 0.5) is 10.8 Å². The van der Waals surface area contributed by atoms with Gasteiger partial charge in [0.2, 0.25) is 0 Å². The number of fused-ring (bicyclic) bond motifs is 1. The number of carbonyl (C=O) groups is 1. The topological polar surface area (TPSA) is 88.6 Å². The molecule has 0 fully saturated rings. The molecule has 3 aromatic rings. The van der Waals surface area contributed by atoms with Crippen molar-refractivity contribution in [3.63, 3.8) is 0 Å². The van der Waals surface area contributed by atoms with Crippen LogP contribution in [0.15, 0.2) is 47.4 Å². The van der Waals surface area contributed by atoms with Crippen LogP contribution in [0.25, 0.3) is 11.3 Å². The predicted molar refractivity (Wildman–Crippen MR) is 123 cm³/mol. The quantitative estimate of drug-likeness (QED) is 0.614. The van der Waals surface area contributed by atoms with E-state index in [-0.39, 0.29) is 17.4 Å². The second-order valence-electron chi connectivity index (χ2n) is 7.68. The number of nitrogens with one attached hydrogen (secondary N) is 1. The molecular weight excluding hydrogens is 434 g/mol. The zero-order valence-corrected chi connectivity index (χ0v) is 19.3. The molecule has 9 heteroatoms. The zero-order chi connectivity index (χ0) is 22.3. The second-order valence-corrected chi connectivity index (χ2v) is 10.6. The van der Waals surface area contributed by atoms with Crippen LogP contribution in [-0.2, 0) is 14.8 Å². The Hall–Kier alpha value is -2.91. The standard InChI is InChI=1S/C22H23N3O4S2/c1-13(2)15-5-8-17(9-6-15)31(27,28)24-22-23-21(14(3)30-22)16-7-10-19-18(11-16)25(4)20(26)12-29-19/h5-11,13H,12H2,1-4H3,(H,23,24). The Kier molecular flexibility index (Phi) is 5.49. The largest absolute Gasteiger partial charge is 0.482 e. The molecule has 7 nitrogen and oxygen atoms in total. The Morgan fingerprint density at radius 3 is 2.55 bits per heavy atom. The van der Waals surface area contributed by atoms with Crippen LogP contribution in [0, 0.1) is 6.92 Å². The Bertz CT molecular complexity index is 1250. The lowest BCUT2D eigenvalue weighted by Gasteiger charge is -2.26. The van der Waals surface area contributed by atoms with E-state index in [0.29, 0.717) is 28.2 Å². The molecule has 1 aromatic heterocycles. The number of hydrogen-bond donors (Lipinski definition) is 1. The van der Waals surface area contributed by atoms with E-state index in [1.807, 2.05) is 31.2 Å². The summed E-state index contributed by atoms with van der Waals surface area (Å²) in [6.45, 7) is 6.01. The minimum absolute atomic E-state index is 0.0165. The summed E-state index contributed by atoms with van der Waals surface area (Å²) < 4.78 is 33.7. The summed E-state index contributed by atoms with van der Waals surface area (Å²) in [7, 11) is -2.05. The smallest absolute Gasteiger partial charge is 0.264 e. The molecule has 2 heterocycles. The molecule has 4 rings (SSSR count). The van der Waals surface area contributed by atoms with Gasteiger partial charge in [0.15, 0.2) is 11.7 Å². The third-order valence-electron chi connectivity index (χ3n) is 5.19. The molecule has 31 heavy (non-hydrogen) atoms. The van der Waals surface area contributed by atoms with Gasteiger partial charge in [0.05, 0.1) is 16.3 Å². The van der Waals surface area contributed by atoms with E-state index < -0.39 is 10.0 Å². The molecule has 1 N–H and O–H groups in total. The molecule has 0 saturated heterocycles. The third kappa shape index (κ3) is 4.15. The van der Waals surface area contributed by atoms with Crippen LogP contribution in [0.1, 0.15) is 30.2 Å². The van der Waals surface area contributed by atoms with Crippen LogP contribution in [0.3, 0.4) is 0 Å². The SMILES string of the molecule is Cc1sc(NS(=O)(=O)c2ccc(C(C)C)cc2)nc1-c1ccc2c(c1)N(C)C(=O)CO2. The molecule has 1 amide bonds. The van der Waals surface area contributed by atoms with Crippen molar-refractivity contribution >= 4 is 38.1 Å². The van der Waals surface area contributed by atoms with E-state index in [1.165, 1.54) is 11.3 Å². The number of carbonyl (C=O) groups excluding carboxylic acids is 1. The van der Waals surface area contributed by atoms with Crippen molar-refractivity contribution in [1.82, 2.24) is 4.98 Å². The molecule has 162 valence electrons. The first-order valence-corrected chi connectivity index (χ1v) is 12.1. The number of rotatable bonds is 5. The lowest BCUT2D eigenvalue weighted by atomic mass is 10.0. The van der Waals surface area contributed by atoms with Crippen LogP contribution < -0.4 is 14.4 Å². The van der Waals surface area contributed by atoms with Gasteiger partial charge in [0.25, 0.3) is 15.9 Å². The normalized spacial score (nSPS) is 13.8.